The summed E-state index contributed by atoms with van der Waals surface area (Å²) in [6, 6.07) is 7.45. The Morgan fingerprint density at radius 2 is 2.11 bits per heavy atom. The van der Waals surface area contributed by atoms with Crippen molar-refractivity contribution >= 4 is 31.4 Å². The molecule has 6 heteroatoms. The van der Waals surface area contributed by atoms with Gasteiger partial charge in [0.25, 0.3) is 0 Å². The van der Waals surface area contributed by atoms with Crippen molar-refractivity contribution in [3.05, 3.63) is 41.8 Å². The van der Waals surface area contributed by atoms with Crippen LogP contribution in [0, 0.1) is 0 Å². The molecule has 0 fully saturated rings. The Balaban J connectivity index is 2.70. The standard InChI is InChI=1S/C13H16N2O2S2/c1-3-8-15(2)19(16,17)13-10-6-4-5-7-11(10)18-12(13)9-14/h3-7H,1,8-9,14H2,2H3. The first-order chi connectivity index (χ1) is 9.02. The van der Waals surface area contributed by atoms with E-state index in [4.69, 9.17) is 5.73 Å². The van der Waals surface area contributed by atoms with Crippen LogP contribution in [0.2, 0.25) is 0 Å². The third-order valence-electron chi connectivity index (χ3n) is 2.86. The van der Waals surface area contributed by atoms with Crippen LogP contribution in [0.3, 0.4) is 0 Å². The number of fused-ring (bicyclic) bond motifs is 1. The summed E-state index contributed by atoms with van der Waals surface area (Å²) in [5.41, 5.74) is 5.69. The van der Waals surface area contributed by atoms with E-state index < -0.39 is 10.0 Å². The molecule has 1 aromatic heterocycles. The molecule has 1 heterocycles. The largest absolute Gasteiger partial charge is 0.326 e. The molecule has 0 radical (unpaired) electrons. The summed E-state index contributed by atoms with van der Waals surface area (Å²) in [7, 11) is -1.99. The number of likely N-dealkylation sites (N-methyl/N-ethyl adjacent to an activating group) is 1. The molecule has 0 unspecified atom stereocenters. The van der Waals surface area contributed by atoms with Crippen molar-refractivity contribution in [3.63, 3.8) is 0 Å². The highest BCUT2D eigenvalue weighted by Gasteiger charge is 2.27. The van der Waals surface area contributed by atoms with Crippen LogP contribution in [0.25, 0.3) is 10.1 Å². The van der Waals surface area contributed by atoms with Crippen LogP contribution in [0.5, 0.6) is 0 Å². The summed E-state index contributed by atoms with van der Waals surface area (Å²) in [6.45, 7) is 4.06. The number of hydrogen-bond acceptors (Lipinski definition) is 4. The molecular weight excluding hydrogens is 280 g/mol. The molecule has 0 aliphatic carbocycles. The van der Waals surface area contributed by atoms with E-state index in [1.807, 2.05) is 24.3 Å². The predicted molar refractivity (Wildman–Crippen MR) is 79.7 cm³/mol. The molecule has 102 valence electrons. The van der Waals surface area contributed by atoms with Crippen LogP contribution >= 0.6 is 11.3 Å². The fraction of sp³-hybridized carbons (Fsp3) is 0.231. The third kappa shape index (κ3) is 2.44. The zero-order valence-electron chi connectivity index (χ0n) is 10.7. The van der Waals surface area contributed by atoms with Gasteiger partial charge in [-0.2, -0.15) is 4.31 Å². The van der Waals surface area contributed by atoms with Gasteiger partial charge in [-0.15, -0.1) is 17.9 Å². The van der Waals surface area contributed by atoms with Crippen molar-refractivity contribution < 1.29 is 8.42 Å². The molecule has 0 saturated carbocycles. The quantitative estimate of drug-likeness (QED) is 0.860. The Hall–Kier alpha value is -1.21. The molecular formula is C13H16N2O2S2. The SMILES string of the molecule is C=CCN(C)S(=O)(=O)c1c(CN)sc2ccccc12. The maximum atomic E-state index is 12.6. The van der Waals surface area contributed by atoms with Crippen molar-refractivity contribution in [2.75, 3.05) is 13.6 Å². The molecule has 1 aromatic carbocycles. The van der Waals surface area contributed by atoms with E-state index in [0.29, 0.717) is 9.77 Å². The molecule has 2 rings (SSSR count). The number of thiophene rings is 1. The summed E-state index contributed by atoms with van der Waals surface area (Å²) < 4.78 is 27.4. The van der Waals surface area contributed by atoms with Crippen molar-refractivity contribution in [3.8, 4) is 0 Å². The minimum Gasteiger partial charge on any atom is -0.326 e. The molecule has 0 atom stereocenters. The first-order valence-electron chi connectivity index (χ1n) is 5.80. The summed E-state index contributed by atoms with van der Waals surface area (Å²) >= 11 is 1.43. The molecule has 0 spiro atoms. The topological polar surface area (TPSA) is 63.4 Å². The van der Waals surface area contributed by atoms with E-state index in [9.17, 15) is 8.42 Å². The van der Waals surface area contributed by atoms with Crippen LogP contribution in [0.15, 0.2) is 41.8 Å². The van der Waals surface area contributed by atoms with Gasteiger partial charge in [-0.3, -0.25) is 0 Å². The Kier molecular flexibility index (Phi) is 4.05. The van der Waals surface area contributed by atoms with Gasteiger partial charge in [-0.05, 0) is 6.07 Å². The predicted octanol–water partition coefficient (Wildman–Crippen LogP) is 2.17. The maximum absolute atomic E-state index is 12.6. The molecule has 2 aromatic rings. The highest BCUT2D eigenvalue weighted by molar-refractivity contribution is 7.89. The van der Waals surface area contributed by atoms with E-state index in [1.165, 1.54) is 15.6 Å². The molecule has 0 aliphatic heterocycles. The van der Waals surface area contributed by atoms with Crippen LogP contribution in [0.4, 0.5) is 0 Å². The summed E-state index contributed by atoms with van der Waals surface area (Å²) in [5.74, 6) is 0. The van der Waals surface area contributed by atoms with Gasteiger partial charge >= 0.3 is 0 Å². The van der Waals surface area contributed by atoms with Crippen molar-refractivity contribution in [2.45, 2.75) is 11.4 Å². The van der Waals surface area contributed by atoms with Crippen LogP contribution in [-0.4, -0.2) is 26.3 Å². The van der Waals surface area contributed by atoms with Crippen molar-refractivity contribution in [1.29, 1.82) is 0 Å². The number of rotatable bonds is 5. The number of sulfonamides is 1. The smallest absolute Gasteiger partial charge is 0.244 e. The number of nitrogens with two attached hydrogens (primary N) is 1. The van der Waals surface area contributed by atoms with Gasteiger partial charge in [-0.1, -0.05) is 24.3 Å². The monoisotopic (exact) mass is 296 g/mol. The highest BCUT2D eigenvalue weighted by atomic mass is 32.2. The average molecular weight is 296 g/mol. The Bertz CT molecular complexity index is 705. The van der Waals surface area contributed by atoms with Crippen molar-refractivity contribution in [1.82, 2.24) is 4.31 Å². The second kappa shape index (κ2) is 5.42. The number of benzene rings is 1. The lowest BCUT2D eigenvalue weighted by Gasteiger charge is -2.15. The maximum Gasteiger partial charge on any atom is 0.244 e. The van der Waals surface area contributed by atoms with E-state index in [2.05, 4.69) is 6.58 Å². The zero-order valence-corrected chi connectivity index (χ0v) is 12.3. The second-order valence-electron chi connectivity index (χ2n) is 4.13. The lowest BCUT2D eigenvalue weighted by atomic mass is 10.2. The summed E-state index contributed by atoms with van der Waals surface area (Å²) in [5, 5.41) is 0.740. The minimum absolute atomic E-state index is 0.218. The average Bonchev–Trinajstić information content (AvgIpc) is 2.77. The summed E-state index contributed by atoms with van der Waals surface area (Å²) in [6.07, 6.45) is 1.56. The van der Waals surface area contributed by atoms with Gasteiger partial charge in [0.15, 0.2) is 0 Å². The fourth-order valence-electron chi connectivity index (χ4n) is 1.93. The van der Waals surface area contributed by atoms with Gasteiger partial charge in [0, 0.05) is 35.1 Å². The first kappa shape index (κ1) is 14.2. The van der Waals surface area contributed by atoms with Crippen LogP contribution in [0.1, 0.15) is 4.88 Å². The molecule has 0 bridgehead atoms. The molecule has 0 aliphatic rings. The summed E-state index contributed by atoms with van der Waals surface area (Å²) in [4.78, 5) is 1.03. The zero-order chi connectivity index (χ0) is 14.0. The first-order valence-corrected chi connectivity index (χ1v) is 8.05. The van der Waals surface area contributed by atoms with Gasteiger partial charge in [0.2, 0.25) is 10.0 Å². The lowest BCUT2D eigenvalue weighted by molar-refractivity contribution is 0.500. The van der Waals surface area contributed by atoms with Crippen molar-refractivity contribution in [2.24, 2.45) is 5.73 Å². The van der Waals surface area contributed by atoms with Gasteiger partial charge in [-0.25, -0.2) is 8.42 Å². The fourth-order valence-corrected chi connectivity index (χ4v) is 4.85. The highest BCUT2D eigenvalue weighted by Crippen LogP contribution is 2.35. The van der Waals surface area contributed by atoms with Crippen LogP contribution < -0.4 is 5.73 Å². The Morgan fingerprint density at radius 1 is 1.42 bits per heavy atom. The van der Waals surface area contributed by atoms with E-state index >= 15 is 0 Å². The van der Waals surface area contributed by atoms with Gasteiger partial charge in [0.1, 0.15) is 4.90 Å². The number of hydrogen-bond donors (Lipinski definition) is 1. The molecule has 4 nitrogen and oxygen atoms in total. The van der Waals surface area contributed by atoms with Gasteiger partial charge in [0.05, 0.1) is 0 Å². The van der Waals surface area contributed by atoms with Crippen LogP contribution in [-0.2, 0) is 16.6 Å². The Labute approximate surface area is 117 Å². The minimum atomic E-state index is -3.53. The lowest BCUT2D eigenvalue weighted by Crippen LogP contribution is -2.27. The van der Waals surface area contributed by atoms with Gasteiger partial charge < -0.3 is 5.73 Å². The molecule has 19 heavy (non-hydrogen) atoms. The Morgan fingerprint density at radius 3 is 2.74 bits per heavy atom. The van der Waals surface area contributed by atoms with E-state index in [-0.39, 0.29) is 13.1 Å². The van der Waals surface area contributed by atoms with E-state index in [1.54, 1.807) is 13.1 Å². The van der Waals surface area contributed by atoms with E-state index in [0.717, 1.165) is 10.1 Å². The molecule has 0 amide bonds. The molecule has 0 saturated heterocycles. The normalized spacial score (nSPS) is 12.2. The number of nitrogens with zero attached hydrogens (tertiary/aromatic N) is 1. The molecule has 2 N–H and O–H groups in total. The second-order valence-corrected chi connectivity index (χ2v) is 7.25. The third-order valence-corrected chi connectivity index (χ3v) is 6.13.